The summed E-state index contributed by atoms with van der Waals surface area (Å²) in [6.45, 7) is 0. The van der Waals surface area contributed by atoms with Crippen molar-refractivity contribution >= 4 is 34.6 Å². The number of carbonyl (C=O) groups excluding carboxylic acids is 1. The van der Waals surface area contributed by atoms with Crippen LogP contribution in [0.4, 0.5) is 0 Å². The second kappa shape index (κ2) is 7.95. The SMILES string of the molecule is O=C(O)CCCCC(=O)NC(c1cccs1)c1cccs1. The molecule has 0 spiro atoms. The van der Waals surface area contributed by atoms with Crippen molar-refractivity contribution in [3.8, 4) is 0 Å². The zero-order valence-corrected chi connectivity index (χ0v) is 13.1. The third kappa shape index (κ3) is 4.99. The van der Waals surface area contributed by atoms with Gasteiger partial charge in [-0.2, -0.15) is 0 Å². The summed E-state index contributed by atoms with van der Waals surface area (Å²) in [7, 11) is 0. The van der Waals surface area contributed by atoms with Crippen molar-refractivity contribution in [3.63, 3.8) is 0 Å². The van der Waals surface area contributed by atoms with E-state index in [9.17, 15) is 9.59 Å². The maximum absolute atomic E-state index is 12.0. The van der Waals surface area contributed by atoms with E-state index in [0.29, 0.717) is 19.3 Å². The van der Waals surface area contributed by atoms with Crippen LogP contribution < -0.4 is 5.32 Å². The first kappa shape index (κ1) is 15.7. The van der Waals surface area contributed by atoms with Crippen LogP contribution in [0.2, 0.25) is 0 Å². The lowest BCUT2D eigenvalue weighted by molar-refractivity contribution is -0.137. The van der Waals surface area contributed by atoms with Crippen molar-refractivity contribution < 1.29 is 14.7 Å². The van der Waals surface area contributed by atoms with Gasteiger partial charge in [0.2, 0.25) is 5.91 Å². The Balaban J connectivity index is 1.90. The maximum Gasteiger partial charge on any atom is 0.303 e. The summed E-state index contributed by atoms with van der Waals surface area (Å²) in [4.78, 5) is 24.7. The fourth-order valence-corrected chi connectivity index (χ4v) is 3.65. The van der Waals surface area contributed by atoms with Crippen LogP contribution in [0.25, 0.3) is 0 Å². The third-order valence-corrected chi connectivity index (χ3v) is 4.88. The summed E-state index contributed by atoms with van der Waals surface area (Å²) in [5.41, 5.74) is 0. The molecule has 0 fully saturated rings. The number of rotatable bonds is 8. The Labute approximate surface area is 131 Å². The molecular weight excluding hydrogens is 306 g/mol. The molecule has 0 saturated heterocycles. The van der Waals surface area contributed by atoms with Gasteiger partial charge in [-0.15, -0.1) is 22.7 Å². The lowest BCUT2D eigenvalue weighted by Crippen LogP contribution is -2.28. The predicted molar refractivity (Wildman–Crippen MR) is 84.7 cm³/mol. The minimum Gasteiger partial charge on any atom is -0.481 e. The minimum absolute atomic E-state index is 0.0350. The normalized spacial score (nSPS) is 10.7. The summed E-state index contributed by atoms with van der Waals surface area (Å²) in [5.74, 6) is -0.849. The molecule has 0 bridgehead atoms. The number of aliphatic carboxylic acids is 1. The molecule has 21 heavy (non-hydrogen) atoms. The number of carbonyl (C=O) groups is 2. The average Bonchev–Trinajstić information content (AvgIpc) is 3.13. The molecule has 0 aliphatic rings. The number of amides is 1. The summed E-state index contributed by atoms with van der Waals surface area (Å²) >= 11 is 3.24. The highest BCUT2D eigenvalue weighted by atomic mass is 32.1. The van der Waals surface area contributed by atoms with Gasteiger partial charge in [0.05, 0.1) is 6.04 Å². The first-order valence-corrected chi connectivity index (χ1v) is 8.50. The van der Waals surface area contributed by atoms with Crippen LogP contribution in [-0.2, 0) is 9.59 Å². The van der Waals surface area contributed by atoms with Gasteiger partial charge >= 0.3 is 5.97 Å². The summed E-state index contributed by atoms with van der Waals surface area (Å²) in [5, 5.41) is 15.6. The number of carboxylic acids is 1. The Kier molecular flexibility index (Phi) is 5.95. The fourth-order valence-electron chi connectivity index (χ4n) is 1.99. The van der Waals surface area contributed by atoms with E-state index in [2.05, 4.69) is 5.32 Å². The molecular formula is C15H17NO3S2. The average molecular weight is 323 g/mol. The van der Waals surface area contributed by atoms with Gasteiger partial charge < -0.3 is 10.4 Å². The van der Waals surface area contributed by atoms with Crippen molar-refractivity contribution in [2.45, 2.75) is 31.7 Å². The minimum atomic E-state index is -0.814. The third-order valence-electron chi connectivity index (χ3n) is 3.01. The van der Waals surface area contributed by atoms with Gasteiger partial charge in [0, 0.05) is 22.6 Å². The standard InChI is InChI=1S/C15H17NO3S2/c17-13(7-1-2-8-14(18)19)16-15(11-5-3-9-20-11)12-6-4-10-21-12/h3-6,9-10,15H,1-2,7-8H2,(H,16,17)(H,18,19). The quantitative estimate of drug-likeness (QED) is 0.729. The van der Waals surface area contributed by atoms with E-state index in [1.807, 2.05) is 35.0 Å². The number of carboxylic acid groups (broad SMARTS) is 1. The summed E-state index contributed by atoms with van der Waals surface area (Å²) in [6, 6.07) is 7.87. The van der Waals surface area contributed by atoms with E-state index in [0.717, 1.165) is 9.75 Å². The van der Waals surface area contributed by atoms with E-state index in [1.165, 1.54) is 0 Å². The van der Waals surface area contributed by atoms with E-state index in [4.69, 9.17) is 5.11 Å². The van der Waals surface area contributed by atoms with Gasteiger partial charge in [0.25, 0.3) is 0 Å². The van der Waals surface area contributed by atoms with Crippen molar-refractivity contribution in [3.05, 3.63) is 44.8 Å². The molecule has 0 unspecified atom stereocenters. The molecule has 0 aliphatic carbocycles. The summed E-state index contributed by atoms with van der Waals surface area (Å²) < 4.78 is 0. The molecule has 0 atom stereocenters. The van der Waals surface area contributed by atoms with Crippen LogP contribution in [0.1, 0.15) is 41.5 Å². The van der Waals surface area contributed by atoms with Crippen LogP contribution in [0.5, 0.6) is 0 Å². The van der Waals surface area contributed by atoms with Gasteiger partial charge in [-0.05, 0) is 35.7 Å². The van der Waals surface area contributed by atoms with E-state index in [1.54, 1.807) is 22.7 Å². The number of nitrogens with one attached hydrogen (secondary N) is 1. The largest absolute Gasteiger partial charge is 0.481 e. The topological polar surface area (TPSA) is 66.4 Å². The van der Waals surface area contributed by atoms with Crippen LogP contribution in [0.15, 0.2) is 35.0 Å². The molecule has 4 nitrogen and oxygen atoms in total. The van der Waals surface area contributed by atoms with E-state index >= 15 is 0 Å². The van der Waals surface area contributed by atoms with Crippen molar-refractivity contribution in [2.24, 2.45) is 0 Å². The lowest BCUT2D eigenvalue weighted by Gasteiger charge is -2.16. The molecule has 2 aromatic heterocycles. The Morgan fingerprint density at radius 1 is 1.05 bits per heavy atom. The molecule has 2 rings (SSSR count). The molecule has 2 N–H and O–H groups in total. The second-order valence-electron chi connectivity index (χ2n) is 4.63. The highest BCUT2D eigenvalue weighted by molar-refractivity contribution is 7.11. The first-order chi connectivity index (χ1) is 10.2. The number of thiophene rings is 2. The number of hydrogen-bond donors (Lipinski definition) is 2. The number of unbranched alkanes of at least 4 members (excludes halogenated alkanes) is 1. The highest BCUT2D eigenvalue weighted by Crippen LogP contribution is 2.29. The van der Waals surface area contributed by atoms with Gasteiger partial charge in [-0.3, -0.25) is 9.59 Å². The monoisotopic (exact) mass is 323 g/mol. The van der Waals surface area contributed by atoms with Gasteiger partial charge in [0.15, 0.2) is 0 Å². The second-order valence-corrected chi connectivity index (χ2v) is 6.59. The molecule has 0 aromatic carbocycles. The van der Waals surface area contributed by atoms with E-state index in [-0.39, 0.29) is 18.4 Å². The molecule has 6 heteroatoms. The van der Waals surface area contributed by atoms with Crippen molar-refractivity contribution in [1.82, 2.24) is 5.32 Å². The van der Waals surface area contributed by atoms with Crippen LogP contribution in [0, 0.1) is 0 Å². The Bertz CT molecular complexity index is 530. The smallest absolute Gasteiger partial charge is 0.303 e. The van der Waals surface area contributed by atoms with Crippen molar-refractivity contribution in [2.75, 3.05) is 0 Å². The maximum atomic E-state index is 12.0. The predicted octanol–water partition coefficient (Wildman–Crippen LogP) is 3.66. The Morgan fingerprint density at radius 3 is 2.10 bits per heavy atom. The van der Waals surface area contributed by atoms with Crippen LogP contribution in [-0.4, -0.2) is 17.0 Å². The van der Waals surface area contributed by atoms with Crippen LogP contribution >= 0.6 is 22.7 Å². The van der Waals surface area contributed by atoms with Crippen molar-refractivity contribution in [1.29, 1.82) is 0 Å². The Morgan fingerprint density at radius 2 is 1.62 bits per heavy atom. The molecule has 112 valence electrons. The first-order valence-electron chi connectivity index (χ1n) is 6.75. The molecule has 0 radical (unpaired) electrons. The highest BCUT2D eigenvalue weighted by Gasteiger charge is 2.18. The van der Waals surface area contributed by atoms with Crippen LogP contribution in [0.3, 0.4) is 0 Å². The number of hydrogen-bond acceptors (Lipinski definition) is 4. The molecule has 0 saturated carbocycles. The molecule has 2 aromatic rings. The van der Waals surface area contributed by atoms with E-state index < -0.39 is 5.97 Å². The molecule has 1 amide bonds. The fraction of sp³-hybridized carbons (Fsp3) is 0.333. The zero-order valence-electron chi connectivity index (χ0n) is 11.5. The zero-order chi connectivity index (χ0) is 15.1. The van der Waals surface area contributed by atoms with Gasteiger partial charge in [-0.25, -0.2) is 0 Å². The summed E-state index contributed by atoms with van der Waals surface area (Å²) in [6.07, 6.45) is 1.61. The lowest BCUT2D eigenvalue weighted by atomic mass is 10.1. The molecule has 0 aliphatic heterocycles. The molecule has 2 heterocycles. The Hall–Kier alpha value is -1.66. The van der Waals surface area contributed by atoms with Gasteiger partial charge in [0.1, 0.15) is 0 Å². The van der Waals surface area contributed by atoms with Gasteiger partial charge in [-0.1, -0.05) is 12.1 Å².